The summed E-state index contributed by atoms with van der Waals surface area (Å²) in [5.41, 5.74) is 1.13. The summed E-state index contributed by atoms with van der Waals surface area (Å²) in [7, 11) is 0. The maximum atomic E-state index is 13.7. The van der Waals surface area contributed by atoms with E-state index < -0.39 is 17.5 Å². The maximum Gasteiger partial charge on any atom is 0.255 e. The van der Waals surface area contributed by atoms with Crippen molar-refractivity contribution in [3.8, 4) is 0 Å². The quantitative estimate of drug-likeness (QED) is 0.649. The molecule has 0 aliphatic rings. The Bertz CT molecular complexity index is 1040. The Kier molecular flexibility index (Phi) is 6.29. The second-order valence-electron chi connectivity index (χ2n) is 6.29. The first-order valence-electron chi connectivity index (χ1n) is 8.81. The summed E-state index contributed by atoms with van der Waals surface area (Å²) in [4.78, 5) is 24.6. The van der Waals surface area contributed by atoms with Crippen LogP contribution in [0.15, 0.2) is 66.7 Å². The van der Waals surface area contributed by atoms with Crippen LogP contribution in [0.3, 0.4) is 0 Å². The van der Waals surface area contributed by atoms with Crippen molar-refractivity contribution < 1.29 is 22.8 Å². The molecule has 0 unspecified atom stereocenters. The van der Waals surface area contributed by atoms with Crippen molar-refractivity contribution in [3.63, 3.8) is 0 Å². The highest BCUT2D eigenvalue weighted by atomic mass is 19.1. The van der Waals surface area contributed by atoms with Gasteiger partial charge in [-0.3, -0.25) is 9.59 Å². The fraction of sp³-hybridized carbons (Fsp3) is 0.0909. The van der Waals surface area contributed by atoms with E-state index in [0.717, 1.165) is 17.7 Å². The number of carbonyl (C=O) groups is 2. The third-order valence-corrected chi connectivity index (χ3v) is 4.18. The molecule has 29 heavy (non-hydrogen) atoms. The summed E-state index contributed by atoms with van der Waals surface area (Å²) in [6, 6.07) is 14.7. The molecular formula is C22H17F3N2O2. The lowest BCUT2D eigenvalue weighted by Gasteiger charge is -2.09. The summed E-state index contributed by atoms with van der Waals surface area (Å²) in [6.45, 7) is 0.335. The van der Waals surface area contributed by atoms with E-state index in [-0.39, 0.29) is 28.5 Å². The minimum atomic E-state index is -0.895. The molecule has 0 bridgehead atoms. The molecule has 2 amide bonds. The molecule has 0 aliphatic heterocycles. The SMILES string of the molecule is O=C(NCCc1ccc(F)cc1)c1cccc(C(=O)Nc2ccc(F)cc2F)c1. The molecule has 0 radical (unpaired) electrons. The molecule has 3 rings (SSSR count). The Balaban J connectivity index is 1.61. The van der Waals surface area contributed by atoms with Gasteiger partial charge in [-0.2, -0.15) is 0 Å². The summed E-state index contributed by atoms with van der Waals surface area (Å²) in [6.07, 6.45) is 0.524. The summed E-state index contributed by atoms with van der Waals surface area (Å²) >= 11 is 0. The van der Waals surface area contributed by atoms with E-state index in [1.807, 2.05) is 0 Å². The number of benzene rings is 3. The van der Waals surface area contributed by atoms with E-state index in [1.165, 1.54) is 30.3 Å². The molecular weight excluding hydrogens is 381 g/mol. The number of hydrogen-bond donors (Lipinski definition) is 2. The van der Waals surface area contributed by atoms with Gasteiger partial charge in [-0.15, -0.1) is 0 Å². The van der Waals surface area contributed by atoms with E-state index in [1.54, 1.807) is 18.2 Å². The smallest absolute Gasteiger partial charge is 0.255 e. The molecule has 0 atom stereocenters. The molecule has 0 aromatic heterocycles. The van der Waals surface area contributed by atoms with Crippen LogP contribution in [0.4, 0.5) is 18.9 Å². The van der Waals surface area contributed by atoms with Gasteiger partial charge in [0.2, 0.25) is 0 Å². The average Bonchev–Trinajstić information content (AvgIpc) is 2.71. The fourth-order valence-electron chi connectivity index (χ4n) is 2.66. The highest BCUT2D eigenvalue weighted by Gasteiger charge is 2.13. The zero-order valence-electron chi connectivity index (χ0n) is 15.2. The predicted octanol–water partition coefficient (Wildman–Crippen LogP) is 4.33. The number of anilines is 1. The summed E-state index contributed by atoms with van der Waals surface area (Å²) in [5.74, 6) is -2.98. The summed E-state index contributed by atoms with van der Waals surface area (Å²) in [5, 5.41) is 5.07. The highest BCUT2D eigenvalue weighted by molar-refractivity contribution is 6.06. The van der Waals surface area contributed by atoms with Crippen LogP contribution in [0.5, 0.6) is 0 Å². The van der Waals surface area contributed by atoms with Crippen molar-refractivity contribution >= 4 is 17.5 Å². The lowest BCUT2D eigenvalue weighted by Crippen LogP contribution is -2.26. The van der Waals surface area contributed by atoms with Crippen LogP contribution in [0, 0.1) is 17.5 Å². The lowest BCUT2D eigenvalue weighted by molar-refractivity contribution is 0.0954. The van der Waals surface area contributed by atoms with Crippen LogP contribution < -0.4 is 10.6 Å². The second kappa shape index (κ2) is 9.05. The zero-order valence-corrected chi connectivity index (χ0v) is 15.2. The van der Waals surface area contributed by atoms with Gasteiger partial charge in [0.15, 0.2) is 0 Å². The van der Waals surface area contributed by atoms with E-state index >= 15 is 0 Å². The van der Waals surface area contributed by atoms with E-state index in [0.29, 0.717) is 19.0 Å². The number of rotatable bonds is 6. The van der Waals surface area contributed by atoms with Gasteiger partial charge in [0.1, 0.15) is 17.5 Å². The van der Waals surface area contributed by atoms with E-state index in [9.17, 15) is 22.8 Å². The Labute approximate surface area is 165 Å². The van der Waals surface area contributed by atoms with E-state index in [4.69, 9.17) is 0 Å². The Morgan fingerprint density at radius 3 is 2.10 bits per heavy atom. The van der Waals surface area contributed by atoms with Crippen molar-refractivity contribution in [1.29, 1.82) is 0 Å². The normalized spacial score (nSPS) is 10.4. The largest absolute Gasteiger partial charge is 0.352 e. The van der Waals surface area contributed by atoms with Crippen LogP contribution in [0.2, 0.25) is 0 Å². The number of nitrogens with one attached hydrogen (secondary N) is 2. The fourth-order valence-corrected chi connectivity index (χ4v) is 2.66. The van der Waals surface area contributed by atoms with Crippen molar-refractivity contribution in [1.82, 2.24) is 5.32 Å². The molecule has 148 valence electrons. The molecule has 3 aromatic rings. The van der Waals surface area contributed by atoms with Crippen molar-refractivity contribution in [2.75, 3.05) is 11.9 Å². The van der Waals surface area contributed by atoms with Crippen LogP contribution in [0.1, 0.15) is 26.3 Å². The lowest BCUT2D eigenvalue weighted by atomic mass is 10.1. The van der Waals surface area contributed by atoms with Gasteiger partial charge in [0, 0.05) is 23.7 Å². The monoisotopic (exact) mass is 398 g/mol. The first kappa shape index (κ1) is 20.1. The third kappa shape index (κ3) is 5.44. The molecule has 0 spiro atoms. The van der Waals surface area contributed by atoms with Gasteiger partial charge in [-0.1, -0.05) is 18.2 Å². The van der Waals surface area contributed by atoms with Crippen LogP contribution in [-0.4, -0.2) is 18.4 Å². The zero-order chi connectivity index (χ0) is 20.8. The number of carbonyl (C=O) groups excluding carboxylic acids is 2. The molecule has 2 N–H and O–H groups in total. The first-order chi connectivity index (χ1) is 13.9. The van der Waals surface area contributed by atoms with E-state index in [2.05, 4.69) is 10.6 Å². The van der Waals surface area contributed by atoms with Crippen LogP contribution >= 0.6 is 0 Å². The number of amides is 2. The topological polar surface area (TPSA) is 58.2 Å². The number of halogens is 3. The van der Waals surface area contributed by atoms with Gasteiger partial charge in [-0.05, 0) is 54.4 Å². The van der Waals surface area contributed by atoms with Gasteiger partial charge in [0.05, 0.1) is 5.69 Å². The molecule has 3 aromatic carbocycles. The first-order valence-corrected chi connectivity index (χ1v) is 8.81. The predicted molar refractivity (Wildman–Crippen MR) is 103 cm³/mol. The molecule has 0 aliphatic carbocycles. The Morgan fingerprint density at radius 2 is 1.41 bits per heavy atom. The third-order valence-electron chi connectivity index (χ3n) is 4.18. The Morgan fingerprint density at radius 1 is 0.759 bits per heavy atom. The summed E-state index contributed by atoms with van der Waals surface area (Å²) < 4.78 is 39.6. The van der Waals surface area contributed by atoms with Crippen molar-refractivity contribution in [2.45, 2.75) is 6.42 Å². The van der Waals surface area contributed by atoms with Crippen molar-refractivity contribution in [2.24, 2.45) is 0 Å². The van der Waals surface area contributed by atoms with Gasteiger partial charge < -0.3 is 10.6 Å². The molecule has 0 saturated heterocycles. The van der Waals surface area contributed by atoms with Gasteiger partial charge in [0.25, 0.3) is 11.8 Å². The average molecular weight is 398 g/mol. The second-order valence-corrected chi connectivity index (χ2v) is 6.29. The molecule has 0 fully saturated rings. The Hall–Kier alpha value is -3.61. The van der Waals surface area contributed by atoms with Crippen LogP contribution in [0.25, 0.3) is 0 Å². The standard InChI is InChI=1S/C22H17F3N2O2/c23-17-6-4-14(5-7-17)10-11-26-21(28)15-2-1-3-16(12-15)22(29)27-20-9-8-18(24)13-19(20)25/h1-9,12-13H,10-11H2,(H,26,28)(H,27,29). The highest BCUT2D eigenvalue weighted by Crippen LogP contribution is 2.16. The molecule has 7 heteroatoms. The number of hydrogen-bond acceptors (Lipinski definition) is 2. The molecule has 0 heterocycles. The maximum absolute atomic E-state index is 13.7. The molecule has 0 saturated carbocycles. The van der Waals surface area contributed by atoms with Crippen molar-refractivity contribution in [3.05, 3.63) is 101 Å². The minimum Gasteiger partial charge on any atom is -0.352 e. The van der Waals surface area contributed by atoms with Gasteiger partial charge >= 0.3 is 0 Å². The van der Waals surface area contributed by atoms with Crippen LogP contribution in [-0.2, 0) is 6.42 Å². The van der Waals surface area contributed by atoms with Gasteiger partial charge in [-0.25, -0.2) is 13.2 Å². The minimum absolute atomic E-state index is 0.153. The molecule has 4 nitrogen and oxygen atoms in total.